The number of hydroxylamine groups is 1. The minimum atomic E-state index is -4.05. The number of ether oxygens (including phenoxy) is 1. The molecule has 0 aromatic heterocycles. The fourth-order valence-electron chi connectivity index (χ4n) is 3.48. The zero-order chi connectivity index (χ0) is 21.9. The fourth-order valence-corrected chi connectivity index (χ4v) is 5.14. The van der Waals surface area contributed by atoms with E-state index < -0.39 is 28.1 Å². The highest BCUT2D eigenvalue weighted by Crippen LogP contribution is 2.27. The Morgan fingerprint density at radius 3 is 2.53 bits per heavy atom. The van der Waals surface area contributed by atoms with E-state index >= 15 is 0 Å². The van der Waals surface area contributed by atoms with Gasteiger partial charge in [-0.05, 0) is 62.1 Å². The molecule has 162 valence electrons. The van der Waals surface area contributed by atoms with Crippen molar-refractivity contribution in [2.75, 3.05) is 6.54 Å². The lowest BCUT2D eigenvalue weighted by Gasteiger charge is -2.35. The highest BCUT2D eigenvalue weighted by Gasteiger charge is 2.40. The molecule has 1 aliphatic rings. The standard InChI is InChI=1S/C21H26N2O6S/c1-14-3-4-15(2)16(11-14)13-29-18-6-8-19(9-7-18)30(27,28)23-12-17(24)5-10-20(23)21(25)22-26/h3-4,6-9,11,17,20,24,26H,5,10,12-13H2,1-2H3,(H,22,25). The van der Waals surface area contributed by atoms with Crippen LogP contribution in [0.3, 0.4) is 0 Å². The second kappa shape index (κ2) is 9.13. The number of carbonyl (C=O) groups is 1. The van der Waals surface area contributed by atoms with E-state index in [1.165, 1.54) is 17.6 Å². The number of β-amino-alcohol motifs (C(OH)–C–C–N with tert-alkyl or cyclic N) is 1. The molecule has 0 bridgehead atoms. The second-order valence-electron chi connectivity index (χ2n) is 7.49. The number of nitrogens with zero attached hydrogens (tertiary/aromatic N) is 1. The third-order valence-corrected chi connectivity index (χ3v) is 7.14. The van der Waals surface area contributed by atoms with Crippen LogP contribution in [0.25, 0.3) is 0 Å². The van der Waals surface area contributed by atoms with Crippen molar-refractivity contribution in [2.24, 2.45) is 0 Å². The summed E-state index contributed by atoms with van der Waals surface area (Å²) in [6.07, 6.45) is -0.485. The van der Waals surface area contributed by atoms with E-state index in [1.54, 1.807) is 12.1 Å². The Morgan fingerprint density at radius 1 is 1.17 bits per heavy atom. The Labute approximate surface area is 176 Å². The average Bonchev–Trinajstić information content (AvgIpc) is 2.74. The SMILES string of the molecule is Cc1ccc(C)c(COc2ccc(S(=O)(=O)N3CC(O)CCC3C(=O)NO)cc2)c1. The van der Waals surface area contributed by atoms with Gasteiger partial charge in [-0.2, -0.15) is 4.31 Å². The Balaban J connectivity index is 1.76. The molecule has 1 saturated heterocycles. The third kappa shape index (κ3) is 4.81. The summed E-state index contributed by atoms with van der Waals surface area (Å²) < 4.78 is 32.8. The number of rotatable bonds is 6. The number of sulfonamides is 1. The molecule has 1 fully saturated rings. The molecule has 3 rings (SSSR count). The van der Waals surface area contributed by atoms with Crippen molar-refractivity contribution < 1.29 is 28.3 Å². The average molecular weight is 435 g/mol. The Morgan fingerprint density at radius 2 is 1.87 bits per heavy atom. The summed E-state index contributed by atoms with van der Waals surface area (Å²) in [5.41, 5.74) is 4.79. The van der Waals surface area contributed by atoms with E-state index in [0.717, 1.165) is 21.0 Å². The first-order chi connectivity index (χ1) is 14.2. The fraction of sp³-hybridized carbons (Fsp3) is 0.381. The van der Waals surface area contributed by atoms with Gasteiger partial charge in [0.15, 0.2) is 0 Å². The maximum Gasteiger partial charge on any atom is 0.261 e. The van der Waals surface area contributed by atoms with Gasteiger partial charge in [0.05, 0.1) is 11.0 Å². The molecule has 0 saturated carbocycles. The normalized spacial score (nSPS) is 20.0. The van der Waals surface area contributed by atoms with E-state index in [9.17, 15) is 18.3 Å². The van der Waals surface area contributed by atoms with Crippen molar-refractivity contribution in [1.29, 1.82) is 0 Å². The van der Waals surface area contributed by atoms with Crippen LogP contribution < -0.4 is 10.2 Å². The molecule has 2 atom stereocenters. The van der Waals surface area contributed by atoms with Crippen molar-refractivity contribution >= 4 is 15.9 Å². The minimum absolute atomic E-state index is 0.0218. The first-order valence-electron chi connectivity index (χ1n) is 9.65. The van der Waals surface area contributed by atoms with E-state index in [0.29, 0.717) is 12.4 Å². The number of piperidine rings is 1. The highest BCUT2D eigenvalue weighted by atomic mass is 32.2. The molecule has 1 aliphatic heterocycles. The van der Waals surface area contributed by atoms with Gasteiger partial charge in [0.2, 0.25) is 10.0 Å². The molecule has 30 heavy (non-hydrogen) atoms. The number of aliphatic hydroxyl groups excluding tert-OH is 1. The van der Waals surface area contributed by atoms with Gasteiger partial charge in [0, 0.05) is 6.54 Å². The lowest BCUT2D eigenvalue weighted by Crippen LogP contribution is -2.54. The summed E-state index contributed by atoms with van der Waals surface area (Å²) in [7, 11) is -4.05. The lowest BCUT2D eigenvalue weighted by atomic mass is 10.0. The molecule has 0 radical (unpaired) electrons. The molecule has 9 heteroatoms. The van der Waals surface area contributed by atoms with Gasteiger partial charge in [-0.3, -0.25) is 10.0 Å². The number of amides is 1. The van der Waals surface area contributed by atoms with E-state index in [4.69, 9.17) is 9.94 Å². The van der Waals surface area contributed by atoms with Crippen LogP contribution in [0.5, 0.6) is 5.75 Å². The summed E-state index contributed by atoms with van der Waals surface area (Å²) in [5.74, 6) is -0.308. The maximum atomic E-state index is 13.0. The summed E-state index contributed by atoms with van der Waals surface area (Å²) in [6.45, 7) is 4.15. The predicted octanol–water partition coefficient (Wildman–Crippen LogP) is 1.90. The van der Waals surface area contributed by atoms with Crippen LogP contribution in [-0.4, -0.2) is 47.6 Å². The number of nitrogens with one attached hydrogen (secondary N) is 1. The zero-order valence-electron chi connectivity index (χ0n) is 16.9. The first-order valence-corrected chi connectivity index (χ1v) is 11.1. The van der Waals surface area contributed by atoms with Crippen molar-refractivity contribution in [3.05, 3.63) is 59.2 Å². The van der Waals surface area contributed by atoms with Gasteiger partial charge in [0.1, 0.15) is 18.4 Å². The molecular weight excluding hydrogens is 408 g/mol. The van der Waals surface area contributed by atoms with Crippen LogP contribution in [0.1, 0.15) is 29.5 Å². The van der Waals surface area contributed by atoms with Gasteiger partial charge < -0.3 is 9.84 Å². The molecule has 2 aromatic rings. The summed E-state index contributed by atoms with van der Waals surface area (Å²) >= 11 is 0. The maximum absolute atomic E-state index is 13.0. The quantitative estimate of drug-likeness (QED) is 0.472. The lowest BCUT2D eigenvalue weighted by molar-refractivity contribution is -0.135. The minimum Gasteiger partial charge on any atom is -0.489 e. The van der Waals surface area contributed by atoms with Gasteiger partial charge in [-0.25, -0.2) is 13.9 Å². The van der Waals surface area contributed by atoms with Crippen LogP contribution in [0, 0.1) is 13.8 Å². The molecule has 1 amide bonds. The molecule has 0 spiro atoms. The smallest absolute Gasteiger partial charge is 0.261 e. The number of benzene rings is 2. The summed E-state index contributed by atoms with van der Waals surface area (Å²) in [6, 6.07) is 10.9. The van der Waals surface area contributed by atoms with Gasteiger partial charge in [-0.1, -0.05) is 23.8 Å². The zero-order valence-corrected chi connectivity index (χ0v) is 17.7. The summed E-state index contributed by atoms with van der Waals surface area (Å²) in [5, 5.41) is 18.8. The van der Waals surface area contributed by atoms with Gasteiger partial charge >= 0.3 is 0 Å². The highest BCUT2D eigenvalue weighted by molar-refractivity contribution is 7.89. The number of aliphatic hydroxyl groups is 1. The Hall–Kier alpha value is -2.46. The molecular formula is C21H26N2O6S. The molecule has 8 nitrogen and oxygen atoms in total. The van der Waals surface area contributed by atoms with Crippen LogP contribution >= 0.6 is 0 Å². The third-order valence-electron chi connectivity index (χ3n) is 5.25. The molecule has 1 heterocycles. The van der Waals surface area contributed by atoms with E-state index in [1.807, 2.05) is 32.0 Å². The van der Waals surface area contributed by atoms with Crippen molar-refractivity contribution in [1.82, 2.24) is 9.79 Å². The molecule has 0 aliphatic carbocycles. The number of aryl methyl sites for hydroxylation is 2. The molecule has 2 unspecified atom stereocenters. The van der Waals surface area contributed by atoms with E-state index in [-0.39, 0.29) is 24.3 Å². The van der Waals surface area contributed by atoms with Crippen molar-refractivity contribution in [3.8, 4) is 5.75 Å². The van der Waals surface area contributed by atoms with E-state index in [2.05, 4.69) is 0 Å². The molecule has 2 aromatic carbocycles. The van der Waals surface area contributed by atoms with Gasteiger partial charge in [0.25, 0.3) is 5.91 Å². The Kier molecular flexibility index (Phi) is 6.77. The van der Waals surface area contributed by atoms with Crippen LogP contribution in [0.15, 0.2) is 47.4 Å². The first kappa shape index (κ1) is 22.2. The second-order valence-corrected chi connectivity index (χ2v) is 9.38. The van der Waals surface area contributed by atoms with Gasteiger partial charge in [-0.15, -0.1) is 0 Å². The van der Waals surface area contributed by atoms with Crippen molar-refractivity contribution in [3.63, 3.8) is 0 Å². The van der Waals surface area contributed by atoms with Crippen LogP contribution in [-0.2, 0) is 21.4 Å². The molecule has 3 N–H and O–H groups in total. The topological polar surface area (TPSA) is 116 Å². The number of hydrogen-bond donors (Lipinski definition) is 3. The number of hydrogen-bond acceptors (Lipinski definition) is 6. The van der Waals surface area contributed by atoms with Crippen LogP contribution in [0.2, 0.25) is 0 Å². The summed E-state index contributed by atoms with van der Waals surface area (Å²) in [4.78, 5) is 11.9. The monoisotopic (exact) mass is 434 g/mol. The Bertz CT molecular complexity index is 1010. The number of carbonyl (C=O) groups excluding carboxylic acids is 1. The predicted molar refractivity (Wildman–Crippen MR) is 110 cm³/mol. The largest absolute Gasteiger partial charge is 0.489 e. The van der Waals surface area contributed by atoms with Crippen molar-refractivity contribution in [2.45, 2.75) is 50.3 Å². The van der Waals surface area contributed by atoms with Crippen LogP contribution in [0.4, 0.5) is 0 Å².